The van der Waals surface area contributed by atoms with Crippen LogP contribution in [0.5, 0.6) is 0 Å². The van der Waals surface area contributed by atoms with Gasteiger partial charge in [-0.3, -0.25) is 4.72 Å². The second-order valence-corrected chi connectivity index (χ2v) is 8.90. The number of hydrogen-bond donors (Lipinski definition) is 1. The number of benzene rings is 3. The minimum Gasteiger partial charge on any atom is -0.362 e. The fourth-order valence-electron chi connectivity index (χ4n) is 3.21. The Morgan fingerprint density at radius 2 is 1.35 bits per heavy atom. The van der Waals surface area contributed by atoms with Crippen molar-refractivity contribution in [3.8, 4) is 0 Å². The summed E-state index contributed by atoms with van der Waals surface area (Å²) in [5, 5.41) is 0. The van der Waals surface area contributed by atoms with Gasteiger partial charge in [0.2, 0.25) is 10.0 Å². The molecule has 1 N–H and O–H groups in total. The summed E-state index contributed by atoms with van der Waals surface area (Å²) < 4.78 is 81.0. The molecule has 3 aromatic rings. The highest BCUT2D eigenvalue weighted by molar-refractivity contribution is 7.92. The molecule has 0 radical (unpaired) electrons. The van der Waals surface area contributed by atoms with Gasteiger partial charge in [-0.05, 0) is 36.8 Å². The first-order valence-electron chi connectivity index (χ1n) is 9.23. The Morgan fingerprint density at radius 3 is 1.81 bits per heavy atom. The molecule has 0 aliphatic heterocycles. The highest BCUT2D eigenvalue weighted by Gasteiger charge is 2.18. The standard InChI is InChI=1S/C22H20F4N2O2S/c1-14-21(27-31(2,29)30)4-3-5-22(14)28(12-15-6-8-17(23)10-19(15)25)13-16-7-9-18(24)11-20(16)26/h3-11,27H,12-13H2,1-2H3. The summed E-state index contributed by atoms with van der Waals surface area (Å²) in [6, 6.07) is 11.1. The third-order valence-electron chi connectivity index (χ3n) is 4.69. The Morgan fingerprint density at radius 1 is 0.839 bits per heavy atom. The zero-order chi connectivity index (χ0) is 22.8. The minimum atomic E-state index is -3.55. The molecule has 0 aliphatic carbocycles. The first-order valence-corrected chi connectivity index (χ1v) is 11.1. The van der Waals surface area contributed by atoms with Crippen LogP contribution in [0.2, 0.25) is 0 Å². The molecule has 0 spiro atoms. The normalized spacial score (nSPS) is 11.4. The Labute approximate surface area is 178 Å². The molecule has 0 bridgehead atoms. The summed E-state index contributed by atoms with van der Waals surface area (Å²) in [4.78, 5) is 1.61. The van der Waals surface area contributed by atoms with E-state index < -0.39 is 33.3 Å². The van der Waals surface area contributed by atoms with Gasteiger partial charge in [0.25, 0.3) is 0 Å². The number of halogens is 4. The first kappa shape index (κ1) is 22.6. The van der Waals surface area contributed by atoms with Gasteiger partial charge in [-0.15, -0.1) is 0 Å². The predicted octanol–water partition coefficient (Wildman–Crippen LogP) is 5.13. The lowest BCUT2D eigenvalue weighted by molar-refractivity contribution is 0.561. The molecule has 164 valence electrons. The smallest absolute Gasteiger partial charge is 0.229 e. The third kappa shape index (κ3) is 5.75. The Bertz CT molecular complexity index is 1160. The van der Waals surface area contributed by atoms with Crippen molar-refractivity contribution in [2.75, 3.05) is 15.9 Å². The van der Waals surface area contributed by atoms with Gasteiger partial charge >= 0.3 is 0 Å². The predicted molar refractivity (Wildman–Crippen MR) is 112 cm³/mol. The van der Waals surface area contributed by atoms with E-state index in [1.165, 1.54) is 12.1 Å². The fourth-order valence-corrected chi connectivity index (χ4v) is 3.83. The molecular formula is C22H20F4N2O2S. The van der Waals surface area contributed by atoms with Crippen molar-refractivity contribution in [3.05, 3.63) is 94.6 Å². The van der Waals surface area contributed by atoms with E-state index in [0.29, 0.717) is 16.9 Å². The van der Waals surface area contributed by atoms with Gasteiger partial charge in [-0.2, -0.15) is 0 Å². The monoisotopic (exact) mass is 452 g/mol. The van der Waals surface area contributed by atoms with Crippen LogP contribution in [0.4, 0.5) is 28.9 Å². The number of nitrogens with zero attached hydrogens (tertiary/aromatic N) is 1. The van der Waals surface area contributed by atoms with Gasteiger partial charge in [0.05, 0.1) is 11.9 Å². The fraction of sp³-hybridized carbons (Fsp3) is 0.182. The zero-order valence-corrected chi connectivity index (χ0v) is 17.6. The van der Waals surface area contributed by atoms with Gasteiger partial charge < -0.3 is 4.90 Å². The second kappa shape index (κ2) is 8.97. The van der Waals surface area contributed by atoms with Crippen LogP contribution >= 0.6 is 0 Å². The number of sulfonamides is 1. The van der Waals surface area contributed by atoms with Crippen LogP contribution in [0.1, 0.15) is 16.7 Å². The molecule has 0 fully saturated rings. The SMILES string of the molecule is Cc1c(NS(C)(=O)=O)cccc1N(Cc1ccc(F)cc1F)Cc1ccc(F)cc1F. The maximum Gasteiger partial charge on any atom is 0.229 e. The van der Waals surface area contributed by atoms with E-state index in [9.17, 15) is 26.0 Å². The molecule has 3 aromatic carbocycles. The van der Waals surface area contributed by atoms with Gasteiger partial charge in [0.1, 0.15) is 23.3 Å². The van der Waals surface area contributed by atoms with Crippen molar-refractivity contribution in [1.82, 2.24) is 0 Å². The highest BCUT2D eigenvalue weighted by Crippen LogP contribution is 2.31. The van der Waals surface area contributed by atoms with E-state index in [0.717, 1.165) is 30.5 Å². The third-order valence-corrected chi connectivity index (χ3v) is 5.28. The lowest BCUT2D eigenvalue weighted by Gasteiger charge is -2.28. The molecule has 0 heterocycles. The average molecular weight is 452 g/mol. The molecule has 0 aliphatic rings. The van der Waals surface area contributed by atoms with Crippen molar-refractivity contribution in [1.29, 1.82) is 0 Å². The molecule has 0 amide bonds. The Hall–Kier alpha value is -3.07. The number of nitrogens with one attached hydrogen (secondary N) is 1. The average Bonchev–Trinajstić information content (AvgIpc) is 2.66. The highest BCUT2D eigenvalue weighted by atomic mass is 32.2. The van der Waals surface area contributed by atoms with Crippen LogP contribution in [0.15, 0.2) is 54.6 Å². The van der Waals surface area contributed by atoms with Crippen LogP contribution in [0.3, 0.4) is 0 Å². The van der Waals surface area contributed by atoms with Gasteiger partial charge in [0.15, 0.2) is 0 Å². The van der Waals surface area contributed by atoms with Gasteiger partial charge in [-0.25, -0.2) is 26.0 Å². The molecule has 0 saturated carbocycles. The molecule has 0 atom stereocenters. The van der Waals surface area contributed by atoms with Gasteiger partial charge in [0, 0.05) is 42.0 Å². The molecule has 4 nitrogen and oxygen atoms in total. The Kier molecular flexibility index (Phi) is 6.54. The maximum absolute atomic E-state index is 14.3. The second-order valence-electron chi connectivity index (χ2n) is 7.15. The van der Waals surface area contributed by atoms with Crippen LogP contribution in [-0.2, 0) is 23.1 Å². The lowest BCUT2D eigenvalue weighted by atomic mass is 10.1. The van der Waals surface area contributed by atoms with Crippen molar-refractivity contribution >= 4 is 21.4 Å². The summed E-state index contributed by atoms with van der Waals surface area (Å²) in [6.07, 6.45) is 1.01. The quantitative estimate of drug-likeness (QED) is 0.506. The van der Waals surface area contributed by atoms with Crippen LogP contribution in [0.25, 0.3) is 0 Å². The van der Waals surface area contributed by atoms with E-state index in [-0.39, 0.29) is 24.2 Å². The maximum atomic E-state index is 14.3. The molecular weight excluding hydrogens is 432 g/mol. The largest absolute Gasteiger partial charge is 0.362 e. The molecule has 9 heteroatoms. The summed E-state index contributed by atoms with van der Waals surface area (Å²) in [7, 11) is -3.55. The minimum absolute atomic E-state index is 0.0634. The van der Waals surface area contributed by atoms with Crippen molar-refractivity contribution in [3.63, 3.8) is 0 Å². The van der Waals surface area contributed by atoms with Crippen LogP contribution < -0.4 is 9.62 Å². The summed E-state index contributed by atoms with van der Waals surface area (Å²) in [6.45, 7) is 1.54. The van der Waals surface area contributed by atoms with E-state index in [1.807, 2.05) is 0 Å². The van der Waals surface area contributed by atoms with E-state index in [1.54, 1.807) is 30.0 Å². The van der Waals surface area contributed by atoms with Crippen LogP contribution in [0, 0.1) is 30.2 Å². The first-order chi connectivity index (χ1) is 14.5. The number of rotatable bonds is 7. The lowest BCUT2D eigenvalue weighted by Crippen LogP contribution is -2.25. The molecule has 31 heavy (non-hydrogen) atoms. The van der Waals surface area contributed by atoms with Crippen molar-refractivity contribution < 1.29 is 26.0 Å². The summed E-state index contributed by atoms with van der Waals surface area (Å²) in [5.41, 5.74) is 1.65. The summed E-state index contributed by atoms with van der Waals surface area (Å²) in [5.74, 6) is -3.00. The number of anilines is 2. The molecule has 0 unspecified atom stereocenters. The molecule has 0 aromatic heterocycles. The van der Waals surface area contributed by atoms with Crippen LogP contribution in [-0.4, -0.2) is 14.7 Å². The van der Waals surface area contributed by atoms with Crippen molar-refractivity contribution in [2.24, 2.45) is 0 Å². The van der Waals surface area contributed by atoms with E-state index in [4.69, 9.17) is 0 Å². The zero-order valence-electron chi connectivity index (χ0n) is 16.8. The summed E-state index contributed by atoms with van der Waals surface area (Å²) >= 11 is 0. The van der Waals surface area contributed by atoms with E-state index >= 15 is 0 Å². The number of hydrogen-bond acceptors (Lipinski definition) is 3. The van der Waals surface area contributed by atoms with Crippen molar-refractivity contribution in [2.45, 2.75) is 20.0 Å². The Balaban J connectivity index is 2.06. The van der Waals surface area contributed by atoms with Gasteiger partial charge in [-0.1, -0.05) is 18.2 Å². The molecule has 0 saturated heterocycles. The topological polar surface area (TPSA) is 49.4 Å². The van der Waals surface area contributed by atoms with E-state index in [2.05, 4.69) is 4.72 Å². The molecule has 3 rings (SSSR count).